The van der Waals surface area contributed by atoms with Gasteiger partial charge in [-0.05, 0) is 18.9 Å². The summed E-state index contributed by atoms with van der Waals surface area (Å²) in [5.41, 5.74) is 0. The van der Waals surface area contributed by atoms with Crippen LogP contribution >= 0.6 is 0 Å². The molecule has 1 atom stereocenters. The number of pyridine rings is 1. The summed E-state index contributed by atoms with van der Waals surface area (Å²) in [4.78, 5) is 16.5. The first kappa shape index (κ1) is 22.5. The van der Waals surface area contributed by atoms with Gasteiger partial charge in [-0.2, -0.15) is 4.31 Å². The van der Waals surface area contributed by atoms with Gasteiger partial charge < -0.3 is 14.4 Å². The quantitative estimate of drug-likeness (QED) is 0.646. The third-order valence-corrected chi connectivity index (χ3v) is 6.58. The molecule has 0 radical (unpaired) electrons. The first-order chi connectivity index (χ1) is 13.8. The Morgan fingerprint density at radius 2 is 1.97 bits per heavy atom. The molecule has 0 bridgehead atoms. The molecule has 3 heterocycles. The van der Waals surface area contributed by atoms with E-state index in [-0.39, 0.29) is 18.8 Å². The molecule has 0 unspecified atom stereocenters. The van der Waals surface area contributed by atoms with Crippen LogP contribution in [0.25, 0.3) is 0 Å². The average molecular weight is 459 g/mol. The summed E-state index contributed by atoms with van der Waals surface area (Å²) < 4.78 is 98.8. The Hall–Kier alpha value is -2.22. The Balaban J connectivity index is 1.69. The van der Waals surface area contributed by atoms with E-state index in [1.807, 2.05) is 0 Å². The van der Waals surface area contributed by atoms with Crippen LogP contribution in [0.1, 0.15) is 19.3 Å². The molecule has 2 aliphatic rings. The maximum absolute atomic E-state index is 14.2. The second-order valence-electron chi connectivity index (χ2n) is 6.98. The van der Waals surface area contributed by atoms with Crippen LogP contribution < -0.4 is 9.47 Å². The van der Waals surface area contributed by atoms with E-state index in [1.54, 1.807) is 0 Å². The average Bonchev–Trinajstić information content (AvgIpc) is 2.60. The van der Waals surface area contributed by atoms with E-state index in [9.17, 15) is 35.2 Å². The zero-order chi connectivity index (χ0) is 22.2. The summed E-state index contributed by atoms with van der Waals surface area (Å²) in [6.45, 7) is -1.19. The summed E-state index contributed by atoms with van der Waals surface area (Å²) in [7, 11) is -3.70. The number of likely N-dealkylation sites (tertiary alicyclic amines) is 1. The van der Waals surface area contributed by atoms with Gasteiger partial charge in [-0.15, -0.1) is 13.2 Å². The van der Waals surface area contributed by atoms with Crippen molar-refractivity contribution in [3.63, 3.8) is 0 Å². The lowest BCUT2D eigenvalue weighted by Crippen LogP contribution is -2.59. The molecular weight excluding hydrogens is 441 g/mol. The molecule has 1 aromatic heterocycles. The van der Waals surface area contributed by atoms with Crippen molar-refractivity contribution in [3.05, 3.63) is 18.3 Å². The zero-order valence-electron chi connectivity index (χ0n) is 15.4. The van der Waals surface area contributed by atoms with Crippen molar-refractivity contribution in [2.75, 3.05) is 25.4 Å². The van der Waals surface area contributed by atoms with Crippen molar-refractivity contribution in [2.45, 2.75) is 37.6 Å². The van der Waals surface area contributed by atoms with Gasteiger partial charge in [0.2, 0.25) is 15.9 Å². The highest BCUT2D eigenvalue weighted by Gasteiger charge is 2.47. The third kappa shape index (κ3) is 5.68. The number of hydrogen-bond acceptors (Lipinski definition) is 6. The topological polar surface area (TPSA) is 89.0 Å². The van der Waals surface area contributed by atoms with E-state index >= 15 is 0 Å². The van der Waals surface area contributed by atoms with Gasteiger partial charge in [0.25, 0.3) is 5.92 Å². The lowest BCUT2D eigenvalue weighted by atomic mass is 10.0. The number of rotatable bonds is 3. The maximum atomic E-state index is 14.2. The minimum atomic E-state index is -4.93. The summed E-state index contributed by atoms with van der Waals surface area (Å²) in [5.74, 6) is -4.56. The van der Waals surface area contributed by atoms with Crippen LogP contribution in [-0.2, 0) is 10.0 Å². The molecule has 30 heavy (non-hydrogen) atoms. The van der Waals surface area contributed by atoms with E-state index in [2.05, 4.69) is 9.72 Å². The molecule has 14 heteroatoms. The molecule has 0 aromatic carbocycles. The van der Waals surface area contributed by atoms with Gasteiger partial charge in [0.05, 0.1) is 18.5 Å². The second kappa shape index (κ2) is 8.13. The van der Waals surface area contributed by atoms with Crippen LogP contribution in [0.2, 0.25) is 0 Å². The number of aromatic nitrogens is 1. The first-order valence-corrected chi connectivity index (χ1v) is 10.5. The van der Waals surface area contributed by atoms with Crippen LogP contribution in [-0.4, -0.2) is 72.4 Å². The van der Waals surface area contributed by atoms with E-state index in [1.165, 1.54) is 0 Å². The number of sulfonamides is 1. The Morgan fingerprint density at radius 3 is 2.57 bits per heavy atom. The zero-order valence-corrected chi connectivity index (χ0v) is 16.3. The number of piperidine rings is 1. The van der Waals surface area contributed by atoms with Gasteiger partial charge in [-0.1, -0.05) is 0 Å². The number of ether oxygens (including phenoxy) is 2. The number of hydrogen-bond donors (Lipinski definition) is 0. The molecule has 3 rings (SSSR count). The van der Waals surface area contributed by atoms with Gasteiger partial charge in [-0.3, -0.25) is 0 Å². The fourth-order valence-corrected chi connectivity index (χ4v) is 5.20. The predicted octanol–water partition coefficient (Wildman–Crippen LogP) is 2.61. The monoisotopic (exact) mass is 459 g/mol. The largest absolute Gasteiger partial charge is 0.573 e. The van der Waals surface area contributed by atoms with Gasteiger partial charge in [-0.25, -0.2) is 27.0 Å². The van der Waals surface area contributed by atoms with Gasteiger partial charge in [0.1, 0.15) is 5.75 Å². The molecule has 168 valence electrons. The highest BCUT2D eigenvalue weighted by atomic mass is 32.2. The number of halogens is 5. The fourth-order valence-electron chi connectivity index (χ4n) is 3.40. The highest BCUT2D eigenvalue weighted by molar-refractivity contribution is 7.89. The van der Waals surface area contributed by atoms with Crippen LogP contribution in [0, 0.1) is 0 Å². The molecular formula is C16H18F5N3O5S. The molecule has 2 aliphatic heterocycles. The van der Waals surface area contributed by atoms with Crippen molar-refractivity contribution < 1.29 is 44.6 Å². The smallest absolute Gasteiger partial charge is 0.404 e. The number of carbonyl (C=O) groups is 1. The summed E-state index contributed by atoms with van der Waals surface area (Å²) in [6, 6.07) is 0.645. The molecule has 1 aromatic rings. The third-order valence-electron chi connectivity index (χ3n) is 4.58. The highest BCUT2D eigenvalue weighted by Crippen LogP contribution is 2.32. The van der Waals surface area contributed by atoms with Crippen molar-refractivity contribution >= 4 is 16.1 Å². The van der Waals surface area contributed by atoms with E-state index in [0.717, 1.165) is 16.4 Å². The summed E-state index contributed by atoms with van der Waals surface area (Å²) in [6.07, 6.45) is -5.24. The normalized spacial score (nSPS) is 24.3. The standard InChI is InChI=1S/C16H18F5N3O5S/c17-15(18)7-11(24-5-1-2-6-30(24,26)27)9-23(10-15)14(25)28-13-4-3-12(8-22-13)29-16(19,20)21/h3-4,8,11H,1-2,5-7,9-10H2/t11-/m1/s1. The number of alkyl halides is 5. The molecule has 0 N–H and O–H groups in total. The maximum Gasteiger partial charge on any atom is 0.573 e. The molecule has 1 amide bonds. The predicted molar refractivity (Wildman–Crippen MR) is 91.6 cm³/mol. The van der Waals surface area contributed by atoms with Gasteiger partial charge >= 0.3 is 12.5 Å². The molecule has 2 fully saturated rings. The minimum Gasteiger partial charge on any atom is -0.404 e. The lowest BCUT2D eigenvalue weighted by molar-refractivity contribution is -0.274. The van der Waals surface area contributed by atoms with Crippen molar-refractivity contribution in [1.29, 1.82) is 0 Å². The van der Waals surface area contributed by atoms with Crippen LogP contribution in [0.3, 0.4) is 0 Å². The lowest BCUT2D eigenvalue weighted by Gasteiger charge is -2.42. The SMILES string of the molecule is O=C(Oc1ccc(OC(F)(F)F)cn1)N1C[C@H](N2CCCCS2(=O)=O)CC(F)(F)C1. The summed E-state index contributed by atoms with van der Waals surface area (Å²) >= 11 is 0. The second-order valence-corrected chi connectivity index (χ2v) is 9.02. The molecule has 0 spiro atoms. The number of nitrogens with zero attached hydrogens (tertiary/aromatic N) is 3. The Morgan fingerprint density at radius 1 is 1.23 bits per heavy atom. The fraction of sp³-hybridized carbons (Fsp3) is 0.625. The van der Waals surface area contributed by atoms with Gasteiger partial charge in [0.15, 0.2) is 0 Å². The van der Waals surface area contributed by atoms with Crippen molar-refractivity contribution in [2.24, 2.45) is 0 Å². The van der Waals surface area contributed by atoms with E-state index < -0.39 is 59.0 Å². The first-order valence-electron chi connectivity index (χ1n) is 8.91. The molecule has 8 nitrogen and oxygen atoms in total. The number of amides is 1. The molecule has 0 aliphatic carbocycles. The number of carbonyl (C=O) groups excluding carboxylic acids is 1. The van der Waals surface area contributed by atoms with Crippen LogP contribution in [0.15, 0.2) is 18.3 Å². The van der Waals surface area contributed by atoms with Crippen LogP contribution in [0.5, 0.6) is 11.6 Å². The van der Waals surface area contributed by atoms with E-state index in [4.69, 9.17) is 4.74 Å². The van der Waals surface area contributed by atoms with E-state index in [0.29, 0.717) is 23.9 Å². The Bertz CT molecular complexity index is 878. The van der Waals surface area contributed by atoms with Crippen LogP contribution in [0.4, 0.5) is 26.7 Å². The van der Waals surface area contributed by atoms with Gasteiger partial charge in [0, 0.05) is 31.6 Å². The van der Waals surface area contributed by atoms with Crippen molar-refractivity contribution in [3.8, 4) is 11.6 Å². The Kier molecular flexibility index (Phi) is 6.09. The summed E-state index contributed by atoms with van der Waals surface area (Å²) in [5, 5.41) is 0. The van der Waals surface area contributed by atoms with Crippen molar-refractivity contribution in [1.82, 2.24) is 14.2 Å². The molecule has 0 saturated carbocycles. The Labute approximate surface area is 168 Å². The molecule has 2 saturated heterocycles. The minimum absolute atomic E-state index is 0.0915.